The van der Waals surface area contributed by atoms with E-state index in [1.807, 2.05) is 0 Å². The summed E-state index contributed by atoms with van der Waals surface area (Å²) in [5, 5.41) is 0. The zero-order chi connectivity index (χ0) is 20.4. The fourth-order valence-electron chi connectivity index (χ4n) is 2.94. The fraction of sp³-hybridized carbons (Fsp3) is 0.455. The SMILES string of the molecule is CCCc1cccc(C(C)=Nc2c(C(C)C)cccc2C(C)C)n1.[Cl][Fe][Cl]. The first kappa shape index (κ1) is 24.2. The van der Waals surface area contributed by atoms with Crippen molar-refractivity contribution in [2.75, 3.05) is 0 Å². The average Bonchev–Trinajstić information content (AvgIpc) is 2.62. The number of aryl methyl sites for hydroxylation is 1. The molecule has 0 aliphatic carbocycles. The third kappa shape index (κ3) is 7.58. The number of aliphatic imine (C=N–C) groups is 1. The summed E-state index contributed by atoms with van der Waals surface area (Å²) in [5.74, 6) is 0.907. The van der Waals surface area contributed by atoms with Crippen LogP contribution < -0.4 is 0 Å². The number of hydrogen-bond acceptors (Lipinski definition) is 2. The van der Waals surface area contributed by atoms with Crippen LogP contribution in [0.1, 0.15) is 82.3 Å². The summed E-state index contributed by atoms with van der Waals surface area (Å²) in [4.78, 5) is 9.80. The number of halogens is 2. The van der Waals surface area contributed by atoms with Crippen LogP contribution >= 0.6 is 20.2 Å². The Morgan fingerprint density at radius 2 is 1.52 bits per heavy atom. The molecular weight excluding hydrogens is 419 g/mol. The van der Waals surface area contributed by atoms with Crippen LogP contribution in [-0.2, 0) is 19.6 Å². The van der Waals surface area contributed by atoms with Gasteiger partial charge in [-0.3, -0.25) is 9.98 Å². The van der Waals surface area contributed by atoms with Gasteiger partial charge in [0, 0.05) is 5.69 Å². The molecule has 1 aromatic carbocycles. The molecule has 1 heterocycles. The van der Waals surface area contributed by atoms with E-state index in [1.54, 1.807) is 0 Å². The van der Waals surface area contributed by atoms with Gasteiger partial charge in [0.1, 0.15) is 0 Å². The first-order chi connectivity index (χ1) is 12.8. The number of aromatic nitrogens is 1. The monoisotopic (exact) mass is 448 g/mol. The van der Waals surface area contributed by atoms with Crippen molar-refractivity contribution < 1.29 is 13.1 Å². The van der Waals surface area contributed by atoms with Gasteiger partial charge in [0.25, 0.3) is 0 Å². The molecule has 0 N–H and O–H groups in total. The van der Waals surface area contributed by atoms with Gasteiger partial charge in [0.2, 0.25) is 0 Å². The van der Waals surface area contributed by atoms with Crippen LogP contribution in [0.4, 0.5) is 5.69 Å². The summed E-state index contributed by atoms with van der Waals surface area (Å²) in [6.07, 6.45) is 2.13. The van der Waals surface area contributed by atoms with Crippen LogP contribution in [0.3, 0.4) is 0 Å². The second-order valence-corrected chi connectivity index (χ2v) is 8.93. The van der Waals surface area contributed by atoms with Gasteiger partial charge in [-0.1, -0.05) is 65.3 Å². The topological polar surface area (TPSA) is 25.2 Å². The van der Waals surface area contributed by atoms with Crippen LogP contribution in [0.2, 0.25) is 0 Å². The standard InChI is InChI=1S/C22H30N2.2ClH.Fe/c1-7-10-18-11-8-14-21(24-18)17(6)23-22-19(15(2)3)12-9-13-20(22)16(4)5;;;/h8-9,11-16H,7,10H2,1-6H3;2*1H;/q;;;+2/p-2. The third-order valence-electron chi connectivity index (χ3n) is 4.31. The molecule has 2 aromatic rings. The van der Waals surface area contributed by atoms with Gasteiger partial charge < -0.3 is 0 Å². The molecule has 2 nitrogen and oxygen atoms in total. The molecule has 1 aromatic heterocycles. The van der Waals surface area contributed by atoms with Crippen molar-refractivity contribution in [3.63, 3.8) is 0 Å². The van der Waals surface area contributed by atoms with Gasteiger partial charge in [0.05, 0.1) is 17.1 Å². The predicted molar refractivity (Wildman–Crippen MR) is 116 cm³/mol. The molecule has 0 amide bonds. The number of para-hydroxylation sites is 1. The van der Waals surface area contributed by atoms with Crippen LogP contribution in [0.5, 0.6) is 0 Å². The van der Waals surface area contributed by atoms with E-state index in [9.17, 15) is 0 Å². The molecule has 27 heavy (non-hydrogen) atoms. The van der Waals surface area contributed by atoms with Gasteiger partial charge >= 0.3 is 33.3 Å². The van der Waals surface area contributed by atoms with Crippen LogP contribution in [0.25, 0.3) is 0 Å². The molecule has 0 bridgehead atoms. The second kappa shape index (κ2) is 12.6. The third-order valence-corrected chi connectivity index (χ3v) is 4.31. The molecule has 2 rings (SSSR count). The van der Waals surface area contributed by atoms with Gasteiger partial charge in [-0.05, 0) is 48.4 Å². The molecule has 0 saturated carbocycles. The minimum atomic E-state index is 0.194. The zero-order valence-electron chi connectivity index (χ0n) is 17.0. The van der Waals surface area contributed by atoms with Crippen molar-refractivity contribution in [3.8, 4) is 0 Å². The van der Waals surface area contributed by atoms with Gasteiger partial charge in [-0.2, -0.15) is 0 Å². The number of pyridine rings is 1. The van der Waals surface area contributed by atoms with Crippen LogP contribution in [-0.4, -0.2) is 10.7 Å². The normalized spacial score (nSPS) is 11.7. The van der Waals surface area contributed by atoms with Crippen molar-refractivity contribution >= 4 is 31.6 Å². The van der Waals surface area contributed by atoms with Gasteiger partial charge in [-0.15, -0.1) is 0 Å². The van der Waals surface area contributed by atoms with Crippen LogP contribution in [0, 0.1) is 0 Å². The Labute approximate surface area is 179 Å². The summed E-state index contributed by atoms with van der Waals surface area (Å²) in [6, 6.07) is 12.8. The Morgan fingerprint density at radius 3 is 2.00 bits per heavy atom. The number of benzene rings is 1. The Balaban J connectivity index is 0.00000114. The van der Waals surface area contributed by atoms with Gasteiger partial charge in [0.15, 0.2) is 0 Å². The Kier molecular flexibility index (Phi) is 11.3. The fourth-order valence-corrected chi connectivity index (χ4v) is 2.94. The number of rotatable bonds is 6. The van der Waals surface area contributed by atoms with Crippen molar-refractivity contribution in [2.24, 2.45) is 4.99 Å². The molecule has 0 aliphatic rings. The van der Waals surface area contributed by atoms with Crippen molar-refractivity contribution in [1.29, 1.82) is 0 Å². The van der Waals surface area contributed by atoms with E-state index in [-0.39, 0.29) is 13.1 Å². The predicted octanol–water partition coefficient (Wildman–Crippen LogP) is 7.80. The Hall–Kier alpha value is -0.861. The Bertz CT molecular complexity index is 717. The van der Waals surface area contributed by atoms with E-state index < -0.39 is 0 Å². The zero-order valence-corrected chi connectivity index (χ0v) is 19.7. The first-order valence-electron chi connectivity index (χ1n) is 9.35. The molecule has 0 spiro atoms. The summed E-state index contributed by atoms with van der Waals surface area (Å²) < 4.78 is 0. The first-order valence-corrected chi connectivity index (χ1v) is 12.4. The maximum absolute atomic E-state index is 5.03. The second-order valence-electron chi connectivity index (χ2n) is 7.11. The van der Waals surface area contributed by atoms with Crippen molar-refractivity contribution in [3.05, 3.63) is 58.9 Å². The molecule has 0 unspecified atom stereocenters. The molecule has 5 heteroatoms. The molecule has 0 radical (unpaired) electrons. The quantitative estimate of drug-likeness (QED) is 0.326. The molecule has 0 aliphatic heterocycles. The summed E-state index contributed by atoms with van der Waals surface area (Å²) >= 11 is 0.194. The van der Waals surface area contributed by atoms with Crippen molar-refractivity contribution in [2.45, 2.75) is 66.2 Å². The molecule has 0 saturated heterocycles. The summed E-state index contributed by atoms with van der Waals surface area (Å²) in [7, 11) is 9.53. The molecule has 0 atom stereocenters. The average molecular weight is 449 g/mol. The Morgan fingerprint density at radius 1 is 1.00 bits per heavy atom. The molecule has 150 valence electrons. The van der Waals surface area contributed by atoms with Crippen LogP contribution in [0.15, 0.2) is 41.4 Å². The number of nitrogens with zero attached hydrogens (tertiary/aromatic N) is 2. The van der Waals surface area contributed by atoms with E-state index in [0.29, 0.717) is 11.8 Å². The van der Waals surface area contributed by atoms with E-state index in [4.69, 9.17) is 30.2 Å². The van der Waals surface area contributed by atoms with Gasteiger partial charge in [-0.25, -0.2) is 0 Å². The molecule has 0 fully saturated rings. The number of hydrogen-bond donors (Lipinski definition) is 0. The van der Waals surface area contributed by atoms with E-state index in [2.05, 4.69) is 77.9 Å². The minimum absolute atomic E-state index is 0.194. The summed E-state index contributed by atoms with van der Waals surface area (Å²) in [5.41, 5.74) is 6.86. The summed E-state index contributed by atoms with van der Waals surface area (Å²) in [6.45, 7) is 13.2. The van der Waals surface area contributed by atoms with E-state index in [0.717, 1.165) is 35.6 Å². The van der Waals surface area contributed by atoms with Crippen molar-refractivity contribution in [1.82, 2.24) is 4.98 Å². The maximum atomic E-state index is 5.03. The van der Waals surface area contributed by atoms with E-state index in [1.165, 1.54) is 11.1 Å². The molecular formula is C22H30Cl2FeN2. The van der Waals surface area contributed by atoms with E-state index >= 15 is 0 Å².